The predicted octanol–water partition coefficient (Wildman–Crippen LogP) is 2.99. The van der Waals surface area contributed by atoms with Crippen molar-refractivity contribution in [1.82, 2.24) is 10.6 Å². The molecule has 1 fully saturated rings. The summed E-state index contributed by atoms with van der Waals surface area (Å²) in [5, 5.41) is 6.85. The molecule has 0 saturated carbocycles. The Balaban J connectivity index is 1.59. The van der Waals surface area contributed by atoms with Crippen molar-refractivity contribution in [2.75, 3.05) is 32.9 Å². The minimum Gasteiger partial charge on any atom is -0.494 e. The third-order valence-corrected chi connectivity index (χ3v) is 4.51. The van der Waals surface area contributed by atoms with E-state index in [9.17, 15) is 0 Å². The summed E-state index contributed by atoms with van der Waals surface area (Å²) in [4.78, 5) is 4.76. The Morgan fingerprint density at radius 3 is 2.93 bits per heavy atom. The van der Waals surface area contributed by atoms with Crippen LogP contribution in [0.1, 0.15) is 24.7 Å². The number of nitrogens with one attached hydrogen (secondary N) is 2. The lowest BCUT2D eigenvalue weighted by Crippen LogP contribution is -2.40. The Morgan fingerprint density at radius 1 is 1.22 bits per heavy atom. The summed E-state index contributed by atoms with van der Waals surface area (Å²) in [6, 6.07) is 11.9. The molecule has 6 nitrogen and oxygen atoms in total. The summed E-state index contributed by atoms with van der Waals surface area (Å²) in [6.07, 6.45) is 3.61. The molecule has 1 aromatic heterocycles. The van der Waals surface area contributed by atoms with Gasteiger partial charge in [-0.3, -0.25) is 0 Å². The van der Waals surface area contributed by atoms with Gasteiger partial charge < -0.3 is 24.5 Å². The van der Waals surface area contributed by atoms with E-state index in [-0.39, 0.29) is 0 Å². The smallest absolute Gasteiger partial charge is 0.191 e. The summed E-state index contributed by atoms with van der Waals surface area (Å²) < 4.78 is 16.6. The maximum atomic E-state index is 5.70. The number of furan rings is 1. The molecule has 2 aromatic rings. The zero-order valence-electron chi connectivity index (χ0n) is 15.9. The molecule has 1 aliphatic heterocycles. The Kier molecular flexibility index (Phi) is 7.59. The Morgan fingerprint density at radius 2 is 2.15 bits per heavy atom. The highest BCUT2D eigenvalue weighted by Crippen LogP contribution is 2.18. The van der Waals surface area contributed by atoms with Crippen molar-refractivity contribution < 1.29 is 13.9 Å². The van der Waals surface area contributed by atoms with Gasteiger partial charge >= 0.3 is 0 Å². The second-order valence-corrected chi connectivity index (χ2v) is 6.57. The predicted molar refractivity (Wildman–Crippen MR) is 106 cm³/mol. The highest BCUT2D eigenvalue weighted by molar-refractivity contribution is 5.79. The van der Waals surface area contributed by atoms with Gasteiger partial charge in [0.2, 0.25) is 0 Å². The molecule has 1 aliphatic rings. The Labute approximate surface area is 161 Å². The lowest BCUT2D eigenvalue weighted by molar-refractivity contribution is 0.186. The fourth-order valence-electron chi connectivity index (χ4n) is 3.01. The number of hydrogen-bond donors (Lipinski definition) is 2. The fourth-order valence-corrected chi connectivity index (χ4v) is 3.01. The maximum absolute atomic E-state index is 5.70. The zero-order chi connectivity index (χ0) is 18.7. The molecule has 0 bridgehead atoms. The summed E-state index contributed by atoms with van der Waals surface area (Å²) in [5.41, 5.74) is 1.08. The van der Waals surface area contributed by atoms with E-state index in [1.807, 2.05) is 37.3 Å². The number of nitrogens with zero attached hydrogens (tertiary/aromatic N) is 1. The van der Waals surface area contributed by atoms with Crippen LogP contribution in [0.3, 0.4) is 0 Å². The molecular weight excluding hydrogens is 342 g/mol. The van der Waals surface area contributed by atoms with Crippen LogP contribution in [0.4, 0.5) is 0 Å². The average molecular weight is 371 g/mol. The minimum absolute atomic E-state index is 0.540. The van der Waals surface area contributed by atoms with Crippen molar-refractivity contribution in [1.29, 1.82) is 0 Å². The fraction of sp³-hybridized carbons (Fsp3) is 0.476. The molecule has 0 aliphatic carbocycles. The third kappa shape index (κ3) is 6.32. The van der Waals surface area contributed by atoms with Crippen molar-refractivity contribution in [3.05, 3.63) is 54.0 Å². The highest BCUT2D eigenvalue weighted by atomic mass is 16.5. The van der Waals surface area contributed by atoms with Gasteiger partial charge in [-0.2, -0.15) is 0 Å². The number of benzene rings is 1. The Hall–Kier alpha value is -2.47. The second kappa shape index (κ2) is 10.6. The SMILES string of the molecule is CCOc1ccccc1CN=C(NCCc1ccco1)NCC1CCOC1. The molecule has 6 heteroatoms. The lowest BCUT2D eigenvalue weighted by atomic mass is 10.1. The van der Waals surface area contributed by atoms with Crippen LogP contribution < -0.4 is 15.4 Å². The first-order chi connectivity index (χ1) is 13.3. The summed E-state index contributed by atoms with van der Waals surface area (Å²) in [6.45, 7) is 6.49. The van der Waals surface area contributed by atoms with Crippen LogP contribution in [0.5, 0.6) is 5.75 Å². The molecule has 0 radical (unpaired) electrons. The van der Waals surface area contributed by atoms with Gasteiger partial charge in [0.1, 0.15) is 11.5 Å². The molecule has 2 heterocycles. The molecule has 0 amide bonds. The summed E-state index contributed by atoms with van der Waals surface area (Å²) in [7, 11) is 0. The minimum atomic E-state index is 0.540. The summed E-state index contributed by atoms with van der Waals surface area (Å²) in [5.74, 6) is 3.20. The van der Waals surface area contributed by atoms with E-state index in [1.165, 1.54) is 0 Å². The van der Waals surface area contributed by atoms with Crippen molar-refractivity contribution >= 4 is 5.96 Å². The van der Waals surface area contributed by atoms with Crippen LogP contribution in [0.25, 0.3) is 0 Å². The van der Waals surface area contributed by atoms with Crippen molar-refractivity contribution in [3.8, 4) is 5.75 Å². The van der Waals surface area contributed by atoms with Crippen LogP contribution in [-0.2, 0) is 17.7 Å². The molecule has 27 heavy (non-hydrogen) atoms. The van der Waals surface area contributed by atoms with Crippen LogP contribution in [-0.4, -0.2) is 38.9 Å². The van der Waals surface area contributed by atoms with E-state index < -0.39 is 0 Å². The van der Waals surface area contributed by atoms with Crippen molar-refractivity contribution in [2.24, 2.45) is 10.9 Å². The molecule has 1 atom stereocenters. The molecule has 0 spiro atoms. The first-order valence-corrected chi connectivity index (χ1v) is 9.68. The van der Waals surface area contributed by atoms with Crippen LogP contribution in [0.15, 0.2) is 52.1 Å². The van der Waals surface area contributed by atoms with Crippen LogP contribution in [0, 0.1) is 5.92 Å². The quantitative estimate of drug-likeness (QED) is 0.524. The van der Waals surface area contributed by atoms with Gasteiger partial charge in [-0.15, -0.1) is 0 Å². The first-order valence-electron chi connectivity index (χ1n) is 9.68. The standard InChI is InChI=1S/C21H29N3O3/c1-2-26-20-8-4-3-6-18(20)15-24-21(23-14-17-10-13-25-16-17)22-11-9-19-7-5-12-27-19/h3-8,12,17H,2,9-11,13-16H2,1H3,(H2,22,23,24). The average Bonchev–Trinajstić information content (AvgIpc) is 3.39. The van der Waals surface area contributed by atoms with Gasteiger partial charge in [0, 0.05) is 37.6 Å². The van der Waals surface area contributed by atoms with Gasteiger partial charge in [-0.25, -0.2) is 4.99 Å². The number of rotatable bonds is 9. The summed E-state index contributed by atoms with van der Waals surface area (Å²) >= 11 is 0. The normalized spacial score (nSPS) is 17.1. The molecule has 1 aromatic carbocycles. The molecule has 1 unspecified atom stereocenters. The van der Waals surface area contributed by atoms with Gasteiger partial charge in [-0.05, 0) is 31.5 Å². The van der Waals surface area contributed by atoms with E-state index >= 15 is 0 Å². The molecule has 2 N–H and O–H groups in total. The second-order valence-electron chi connectivity index (χ2n) is 6.57. The molecule has 3 rings (SSSR count). The van der Waals surface area contributed by atoms with E-state index in [4.69, 9.17) is 18.9 Å². The number of ether oxygens (including phenoxy) is 2. The number of hydrogen-bond acceptors (Lipinski definition) is 4. The zero-order valence-corrected chi connectivity index (χ0v) is 15.9. The molecule has 146 valence electrons. The number of para-hydroxylation sites is 1. The first kappa shape index (κ1) is 19.3. The van der Waals surface area contributed by atoms with Crippen LogP contribution >= 0.6 is 0 Å². The van der Waals surface area contributed by atoms with E-state index in [2.05, 4.69) is 16.7 Å². The highest BCUT2D eigenvalue weighted by Gasteiger charge is 2.15. The lowest BCUT2D eigenvalue weighted by Gasteiger charge is -2.15. The van der Waals surface area contributed by atoms with Crippen molar-refractivity contribution in [2.45, 2.75) is 26.3 Å². The van der Waals surface area contributed by atoms with Gasteiger partial charge in [-0.1, -0.05) is 18.2 Å². The van der Waals surface area contributed by atoms with Gasteiger partial charge in [0.25, 0.3) is 0 Å². The topological polar surface area (TPSA) is 68.0 Å². The molecule has 1 saturated heterocycles. The van der Waals surface area contributed by atoms with Crippen LogP contribution in [0.2, 0.25) is 0 Å². The van der Waals surface area contributed by atoms with Gasteiger partial charge in [0.15, 0.2) is 5.96 Å². The van der Waals surface area contributed by atoms with E-state index in [1.54, 1.807) is 6.26 Å². The Bertz CT molecular complexity index is 694. The maximum Gasteiger partial charge on any atom is 0.191 e. The molecular formula is C21H29N3O3. The largest absolute Gasteiger partial charge is 0.494 e. The third-order valence-electron chi connectivity index (χ3n) is 4.51. The van der Waals surface area contributed by atoms with Gasteiger partial charge in [0.05, 0.1) is 26.0 Å². The van der Waals surface area contributed by atoms with E-state index in [0.717, 1.165) is 62.2 Å². The monoisotopic (exact) mass is 371 g/mol. The number of guanidine groups is 1. The number of aliphatic imine (C=N–C) groups is 1. The van der Waals surface area contributed by atoms with E-state index in [0.29, 0.717) is 19.1 Å². The van der Waals surface area contributed by atoms with Crippen molar-refractivity contribution in [3.63, 3.8) is 0 Å².